The summed E-state index contributed by atoms with van der Waals surface area (Å²) in [6, 6.07) is 0. The van der Waals surface area contributed by atoms with Gasteiger partial charge in [0.1, 0.15) is 11.5 Å². The maximum Gasteiger partial charge on any atom is 0.146 e. The smallest absolute Gasteiger partial charge is 0.146 e. The van der Waals surface area contributed by atoms with Crippen LogP contribution < -0.4 is 5.32 Å². The molecule has 0 aliphatic carbocycles. The van der Waals surface area contributed by atoms with Crippen molar-refractivity contribution >= 4 is 0 Å². The van der Waals surface area contributed by atoms with Crippen LogP contribution in [-0.4, -0.2) is 23.6 Å². The topological polar surface area (TPSA) is 40.7 Å². The van der Waals surface area contributed by atoms with Crippen LogP contribution >= 0.6 is 0 Å². The zero-order valence-corrected chi connectivity index (χ0v) is 9.02. The van der Waals surface area contributed by atoms with E-state index >= 15 is 0 Å². The van der Waals surface area contributed by atoms with Gasteiger partial charge in [0.05, 0.1) is 11.9 Å². The summed E-state index contributed by atoms with van der Waals surface area (Å²) in [5.74, 6) is 0.862. The maximum atomic E-state index is 13.4. The second kappa shape index (κ2) is 4.55. The van der Waals surface area contributed by atoms with Crippen LogP contribution in [0, 0.1) is 0 Å². The fourth-order valence-electron chi connectivity index (χ4n) is 1.22. The van der Waals surface area contributed by atoms with Crippen LogP contribution in [0.15, 0.2) is 6.20 Å². The van der Waals surface area contributed by atoms with Crippen molar-refractivity contribution in [3.63, 3.8) is 0 Å². The number of aryl methyl sites for hydroxylation is 1. The number of nitrogens with zero attached hydrogens (tertiary/aromatic N) is 1. The summed E-state index contributed by atoms with van der Waals surface area (Å²) in [5, 5.41) is 3.06. The quantitative estimate of drug-likeness (QED) is 0.709. The van der Waals surface area contributed by atoms with Crippen molar-refractivity contribution in [2.75, 3.05) is 13.6 Å². The van der Waals surface area contributed by atoms with Crippen molar-refractivity contribution in [2.45, 2.75) is 32.4 Å². The molecule has 1 heterocycles. The van der Waals surface area contributed by atoms with Gasteiger partial charge in [-0.15, -0.1) is 0 Å². The van der Waals surface area contributed by atoms with Gasteiger partial charge in [-0.25, -0.2) is 9.37 Å². The molecule has 1 aromatic heterocycles. The predicted molar refractivity (Wildman–Crippen MR) is 55.0 cm³/mol. The molecule has 0 bridgehead atoms. The van der Waals surface area contributed by atoms with Crippen LogP contribution in [0.1, 0.15) is 31.8 Å². The molecule has 0 spiro atoms. The molecule has 0 amide bonds. The van der Waals surface area contributed by atoms with E-state index in [2.05, 4.69) is 15.3 Å². The first-order valence-corrected chi connectivity index (χ1v) is 4.92. The van der Waals surface area contributed by atoms with Gasteiger partial charge in [-0.3, -0.25) is 0 Å². The first-order chi connectivity index (χ1) is 6.54. The second-order valence-corrected chi connectivity index (χ2v) is 3.92. The van der Waals surface area contributed by atoms with Gasteiger partial charge < -0.3 is 10.3 Å². The summed E-state index contributed by atoms with van der Waals surface area (Å²) in [5.41, 5.74) is -0.772. The molecule has 1 rings (SSSR count). The van der Waals surface area contributed by atoms with Crippen molar-refractivity contribution in [3.05, 3.63) is 17.7 Å². The van der Waals surface area contributed by atoms with Crippen molar-refractivity contribution in [3.8, 4) is 0 Å². The normalized spacial score (nSPS) is 12.0. The van der Waals surface area contributed by atoms with E-state index in [0.29, 0.717) is 5.69 Å². The number of aromatic nitrogens is 2. The minimum Gasteiger partial charge on any atom is -0.343 e. The van der Waals surface area contributed by atoms with Gasteiger partial charge in [0.2, 0.25) is 0 Å². The summed E-state index contributed by atoms with van der Waals surface area (Å²) in [6.45, 7) is 4.00. The van der Waals surface area contributed by atoms with Gasteiger partial charge in [0, 0.05) is 6.42 Å². The third-order valence-corrected chi connectivity index (χ3v) is 2.11. The van der Waals surface area contributed by atoms with Crippen molar-refractivity contribution in [1.29, 1.82) is 0 Å². The Bertz CT molecular complexity index is 275. The Kier molecular flexibility index (Phi) is 3.63. The molecule has 0 radical (unpaired) electrons. The maximum absolute atomic E-state index is 13.4. The highest BCUT2D eigenvalue weighted by molar-refractivity contribution is 5.08. The third-order valence-electron chi connectivity index (χ3n) is 2.11. The van der Waals surface area contributed by atoms with Crippen LogP contribution in [0.4, 0.5) is 4.39 Å². The Morgan fingerprint density at radius 2 is 2.29 bits per heavy atom. The number of alkyl halides is 1. The standard InChI is InChI=1S/C10H18FN3/c1-10(2,11)8-7-13-9(14-8)5-4-6-12-3/h7,12H,4-6H2,1-3H3,(H,13,14). The molecule has 0 aliphatic rings. The Labute approximate surface area is 84.1 Å². The lowest BCUT2D eigenvalue weighted by atomic mass is 10.1. The summed E-state index contributed by atoms with van der Waals surface area (Å²) in [4.78, 5) is 7.13. The number of halogens is 1. The molecular weight excluding hydrogens is 181 g/mol. The first kappa shape index (κ1) is 11.2. The molecular formula is C10H18FN3. The number of rotatable bonds is 5. The van der Waals surface area contributed by atoms with E-state index in [0.717, 1.165) is 25.2 Å². The molecule has 0 saturated heterocycles. The Morgan fingerprint density at radius 3 is 2.79 bits per heavy atom. The first-order valence-electron chi connectivity index (χ1n) is 4.92. The summed E-state index contributed by atoms with van der Waals surface area (Å²) >= 11 is 0. The van der Waals surface area contributed by atoms with Crippen LogP contribution in [0.3, 0.4) is 0 Å². The molecule has 0 unspecified atom stereocenters. The van der Waals surface area contributed by atoms with Crippen molar-refractivity contribution in [2.24, 2.45) is 0 Å². The number of imidazole rings is 1. The number of hydrogen-bond acceptors (Lipinski definition) is 2. The Balaban J connectivity index is 2.51. The van der Waals surface area contributed by atoms with Gasteiger partial charge in [-0.1, -0.05) is 0 Å². The fourth-order valence-corrected chi connectivity index (χ4v) is 1.22. The third kappa shape index (κ3) is 3.10. The average molecular weight is 199 g/mol. The van der Waals surface area contributed by atoms with Crippen LogP contribution in [0.25, 0.3) is 0 Å². The number of H-pyrrole nitrogens is 1. The molecule has 0 aromatic carbocycles. The summed E-state index contributed by atoms with van der Waals surface area (Å²) in [6.07, 6.45) is 3.45. The number of hydrogen-bond donors (Lipinski definition) is 2. The van der Waals surface area contributed by atoms with Gasteiger partial charge in [0.15, 0.2) is 0 Å². The fraction of sp³-hybridized carbons (Fsp3) is 0.700. The molecule has 0 atom stereocenters. The van der Waals surface area contributed by atoms with E-state index in [1.54, 1.807) is 6.20 Å². The highest BCUT2D eigenvalue weighted by Crippen LogP contribution is 2.22. The van der Waals surface area contributed by atoms with Crippen molar-refractivity contribution in [1.82, 2.24) is 15.3 Å². The zero-order valence-electron chi connectivity index (χ0n) is 9.02. The van der Waals surface area contributed by atoms with Gasteiger partial charge in [-0.2, -0.15) is 0 Å². The Morgan fingerprint density at radius 1 is 1.57 bits per heavy atom. The van der Waals surface area contributed by atoms with E-state index in [9.17, 15) is 4.39 Å². The lowest BCUT2D eigenvalue weighted by molar-refractivity contribution is 0.215. The molecule has 14 heavy (non-hydrogen) atoms. The molecule has 0 saturated carbocycles. The molecule has 0 fully saturated rings. The lowest BCUT2D eigenvalue weighted by Crippen LogP contribution is -2.10. The zero-order chi connectivity index (χ0) is 10.6. The largest absolute Gasteiger partial charge is 0.343 e. The molecule has 4 heteroatoms. The van der Waals surface area contributed by atoms with Gasteiger partial charge in [-0.05, 0) is 33.9 Å². The van der Waals surface area contributed by atoms with Crippen LogP contribution in [-0.2, 0) is 12.1 Å². The molecule has 80 valence electrons. The number of aromatic amines is 1. The second-order valence-electron chi connectivity index (χ2n) is 3.92. The van der Waals surface area contributed by atoms with Gasteiger partial charge >= 0.3 is 0 Å². The van der Waals surface area contributed by atoms with Crippen molar-refractivity contribution < 1.29 is 4.39 Å². The lowest BCUT2D eigenvalue weighted by Gasteiger charge is -2.10. The highest BCUT2D eigenvalue weighted by Gasteiger charge is 2.20. The van der Waals surface area contributed by atoms with Crippen LogP contribution in [0.2, 0.25) is 0 Å². The number of nitrogens with one attached hydrogen (secondary N) is 2. The average Bonchev–Trinajstić information content (AvgIpc) is 2.52. The van der Waals surface area contributed by atoms with E-state index in [1.165, 1.54) is 13.8 Å². The van der Waals surface area contributed by atoms with Gasteiger partial charge in [0.25, 0.3) is 0 Å². The molecule has 3 nitrogen and oxygen atoms in total. The monoisotopic (exact) mass is 199 g/mol. The van der Waals surface area contributed by atoms with Crippen LogP contribution in [0.5, 0.6) is 0 Å². The predicted octanol–water partition coefficient (Wildman–Crippen LogP) is 1.77. The molecule has 2 N–H and O–H groups in total. The van der Waals surface area contributed by atoms with E-state index in [1.807, 2.05) is 7.05 Å². The molecule has 0 aliphatic heterocycles. The SMILES string of the molecule is CNCCCc1ncc(C(C)(C)F)[nH]1. The van der Waals surface area contributed by atoms with E-state index in [-0.39, 0.29) is 0 Å². The van der Waals surface area contributed by atoms with E-state index < -0.39 is 5.67 Å². The Hall–Kier alpha value is -0.900. The van der Waals surface area contributed by atoms with E-state index in [4.69, 9.17) is 0 Å². The minimum atomic E-state index is -1.33. The highest BCUT2D eigenvalue weighted by atomic mass is 19.1. The summed E-state index contributed by atoms with van der Waals surface area (Å²) in [7, 11) is 1.91. The molecule has 1 aromatic rings. The summed E-state index contributed by atoms with van der Waals surface area (Å²) < 4.78 is 13.4. The minimum absolute atomic E-state index is 0.553.